The van der Waals surface area contributed by atoms with Crippen molar-refractivity contribution < 1.29 is 2.74 Å². The number of benzene rings is 1. The summed E-state index contributed by atoms with van der Waals surface area (Å²) in [6.45, 7) is 0. The van der Waals surface area contributed by atoms with Crippen molar-refractivity contribution in [3.63, 3.8) is 0 Å². The second kappa shape index (κ2) is 3.70. The number of halogens is 3. The smallest absolute Gasteiger partial charge is 0.0442 e. The lowest BCUT2D eigenvalue weighted by Crippen LogP contribution is -1.76. The molecule has 0 atom stereocenters. The maximum Gasteiger partial charge on any atom is 0.0645 e. The van der Waals surface area contributed by atoms with Crippen LogP contribution in [0.25, 0.3) is 0 Å². The zero-order valence-corrected chi connectivity index (χ0v) is 10.7. The average Bonchev–Trinajstić information content (AvgIpc) is 1.97. The molecular weight excluding hydrogens is 453 g/mol. The van der Waals surface area contributed by atoms with Crippen LogP contribution in [-0.4, -0.2) is 0 Å². The van der Waals surface area contributed by atoms with E-state index in [1.807, 2.05) is 28.7 Å². The molecular formula is C6H3I3. The van der Waals surface area contributed by atoms with Gasteiger partial charge < -0.3 is 0 Å². The molecule has 1 aromatic rings. The summed E-state index contributed by atoms with van der Waals surface area (Å²) in [5, 5.41) is 0. The minimum atomic E-state index is 0.469. The van der Waals surface area contributed by atoms with Gasteiger partial charge in [-0.15, -0.1) is 0 Å². The average molecular weight is 458 g/mol. The Morgan fingerprint density at radius 1 is 1.00 bits per heavy atom. The minimum absolute atomic E-state index is 0.469. The van der Waals surface area contributed by atoms with Crippen LogP contribution >= 0.6 is 67.8 Å². The van der Waals surface area contributed by atoms with Gasteiger partial charge in [0.25, 0.3) is 0 Å². The number of rotatable bonds is 0. The van der Waals surface area contributed by atoms with Gasteiger partial charge in [0.1, 0.15) is 0 Å². The van der Waals surface area contributed by atoms with Gasteiger partial charge in [0.2, 0.25) is 0 Å². The standard InChI is InChI=1S/C6H3I3/c7-4-1-5(8)3-6(9)2-4/h1-3H/i1D,2D. The van der Waals surface area contributed by atoms with Crippen molar-refractivity contribution in [3.8, 4) is 0 Å². The Morgan fingerprint density at radius 2 is 1.44 bits per heavy atom. The van der Waals surface area contributed by atoms with E-state index in [9.17, 15) is 0 Å². The van der Waals surface area contributed by atoms with Crippen molar-refractivity contribution in [2.24, 2.45) is 0 Å². The normalized spacial score (nSPS) is 12.8. The van der Waals surface area contributed by atoms with Crippen molar-refractivity contribution >= 4 is 67.8 Å². The van der Waals surface area contributed by atoms with Crippen molar-refractivity contribution in [1.29, 1.82) is 0 Å². The van der Waals surface area contributed by atoms with Crippen LogP contribution < -0.4 is 0 Å². The van der Waals surface area contributed by atoms with E-state index in [2.05, 4.69) is 45.2 Å². The lowest BCUT2D eigenvalue weighted by atomic mass is 10.4. The Morgan fingerprint density at radius 3 is 1.89 bits per heavy atom. The molecule has 0 saturated carbocycles. The molecule has 0 N–H and O–H groups in total. The van der Waals surface area contributed by atoms with Crippen molar-refractivity contribution in [1.82, 2.24) is 0 Å². The fraction of sp³-hybridized carbons (Fsp3) is 0. The molecule has 0 aliphatic rings. The molecule has 0 aliphatic carbocycles. The van der Waals surface area contributed by atoms with Gasteiger partial charge in [-0.1, -0.05) is 0 Å². The Labute approximate surface area is 98.0 Å². The molecule has 0 bridgehead atoms. The quantitative estimate of drug-likeness (QED) is 0.523. The SMILES string of the molecule is [2H]c1c(I)cc(I)c([2H])c1I. The van der Waals surface area contributed by atoms with E-state index < -0.39 is 0 Å². The highest BCUT2D eigenvalue weighted by Gasteiger charge is 1.91. The third kappa shape index (κ3) is 2.87. The molecule has 0 amide bonds. The van der Waals surface area contributed by atoms with Crippen LogP contribution in [0.4, 0.5) is 0 Å². The van der Waals surface area contributed by atoms with E-state index in [4.69, 9.17) is 2.74 Å². The summed E-state index contributed by atoms with van der Waals surface area (Å²) >= 11 is 6.26. The molecule has 0 aromatic heterocycles. The van der Waals surface area contributed by atoms with E-state index in [0.717, 1.165) is 10.7 Å². The first-order chi connectivity index (χ1) is 5.04. The van der Waals surface area contributed by atoms with Crippen LogP contribution in [0, 0.1) is 10.7 Å². The molecule has 0 saturated heterocycles. The van der Waals surface area contributed by atoms with Gasteiger partial charge in [-0.2, -0.15) is 0 Å². The first-order valence-electron chi connectivity index (χ1n) is 3.14. The summed E-state index contributed by atoms with van der Waals surface area (Å²) in [7, 11) is 0. The molecule has 48 valence electrons. The van der Waals surface area contributed by atoms with Crippen LogP contribution in [0.2, 0.25) is 0 Å². The maximum absolute atomic E-state index is 7.54. The fourth-order valence-corrected chi connectivity index (χ4v) is 3.80. The van der Waals surface area contributed by atoms with Gasteiger partial charge in [-0.05, 0) is 85.9 Å². The van der Waals surface area contributed by atoms with Crippen LogP contribution in [0.1, 0.15) is 2.74 Å². The van der Waals surface area contributed by atoms with E-state index in [-0.39, 0.29) is 0 Å². The van der Waals surface area contributed by atoms with Gasteiger partial charge in [0.05, 0.1) is 2.74 Å². The van der Waals surface area contributed by atoms with E-state index in [1.165, 1.54) is 0 Å². The molecule has 3 heteroatoms. The molecule has 0 heterocycles. The molecule has 0 spiro atoms. The molecule has 0 fully saturated rings. The lowest BCUT2D eigenvalue weighted by Gasteiger charge is -1.92. The van der Waals surface area contributed by atoms with Crippen LogP contribution in [0.3, 0.4) is 0 Å². The van der Waals surface area contributed by atoms with Crippen LogP contribution in [-0.2, 0) is 0 Å². The summed E-state index contributed by atoms with van der Waals surface area (Å²) in [4.78, 5) is 0. The summed E-state index contributed by atoms with van der Waals surface area (Å²) in [6, 6.07) is 2.79. The van der Waals surface area contributed by atoms with Gasteiger partial charge in [0, 0.05) is 10.7 Å². The van der Waals surface area contributed by atoms with Crippen LogP contribution in [0.15, 0.2) is 18.2 Å². The fourth-order valence-electron chi connectivity index (χ4n) is 0.424. The first-order valence-corrected chi connectivity index (χ1v) is 5.38. The number of hydrogen-bond donors (Lipinski definition) is 0. The highest BCUT2D eigenvalue weighted by Crippen LogP contribution is 2.15. The second-order valence-electron chi connectivity index (χ2n) is 1.40. The van der Waals surface area contributed by atoms with Gasteiger partial charge >= 0.3 is 0 Å². The zero-order valence-electron chi connectivity index (χ0n) is 6.21. The molecule has 0 unspecified atom stereocenters. The highest BCUT2D eigenvalue weighted by molar-refractivity contribution is 14.1. The largest absolute Gasteiger partial charge is 0.0645 e. The first kappa shape index (κ1) is 5.99. The summed E-state index contributed by atoms with van der Waals surface area (Å²) in [5.41, 5.74) is 0. The summed E-state index contributed by atoms with van der Waals surface area (Å²) in [5.74, 6) is 0. The van der Waals surface area contributed by atoms with Crippen molar-refractivity contribution in [2.75, 3.05) is 0 Å². The van der Waals surface area contributed by atoms with Crippen molar-refractivity contribution in [2.45, 2.75) is 0 Å². The molecule has 1 rings (SSSR count). The highest BCUT2D eigenvalue weighted by atomic mass is 127. The topological polar surface area (TPSA) is 0 Å². The van der Waals surface area contributed by atoms with Gasteiger partial charge in [-0.3, -0.25) is 0 Å². The van der Waals surface area contributed by atoms with E-state index >= 15 is 0 Å². The van der Waals surface area contributed by atoms with Crippen molar-refractivity contribution in [3.05, 3.63) is 28.9 Å². The Bertz CT molecular complexity index is 272. The minimum Gasteiger partial charge on any atom is -0.0442 e. The molecule has 0 nitrogen and oxygen atoms in total. The van der Waals surface area contributed by atoms with Crippen LogP contribution in [0.5, 0.6) is 0 Å². The second-order valence-corrected chi connectivity index (χ2v) is 4.81. The third-order valence-electron chi connectivity index (χ3n) is 0.712. The Balaban J connectivity index is 3.46. The molecule has 9 heavy (non-hydrogen) atoms. The number of hydrogen-bond acceptors (Lipinski definition) is 0. The van der Waals surface area contributed by atoms with Gasteiger partial charge in [0.15, 0.2) is 0 Å². The third-order valence-corrected chi connectivity index (χ3v) is 2.41. The lowest BCUT2D eigenvalue weighted by molar-refractivity contribution is 1.55. The van der Waals surface area contributed by atoms with E-state index in [0.29, 0.717) is 12.1 Å². The molecule has 1 aromatic carbocycles. The summed E-state index contributed by atoms with van der Waals surface area (Å²) in [6.07, 6.45) is 0. The maximum atomic E-state index is 7.54. The predicted molar refractivity (Wildman–Crippen MR) is 64.6 cm³/mol. The monoisotopic (exact) mass is 458 g/mol. The predicted octanol–water partition coefficient (Wildman–Crippen LogP) is 3.50. The van der Waals surface area contributed by atoms with Gasteiger partial charge in [-0.25, -0.2) is 0 Å². The molecule has 0 radical (unpaired) electrons. The zero-order chi connectivity index (χ0) is 8.59. The summed E-state index contributed by atoms with van der Waals surface area (Å²) < 4.78 is 17.6. The van der Waals surface area contributed by atoms with E-state index in [1.54, 1.807) is 0 Å². The Hall–Kier alpha value is 1.41. The Kier molecular flexibility index (Phi) is 2.46. The molecule has 0 aliphatic heterocycles.